The summed E-state index contributed by atoms with van der Waals surface area (Å²) >= 11 is 1.61. The molecule has 2 rings (SSSR count). The number of halogens is 1. The van der Waals surface area contributed by atoms with Crippen molar-refractivity contribution in [3.63, 3.8) is 0 Å². The van der Waals surface area contributed by atoms with Crippen LogP contribution in [0, 0.1) is 0 Å². The zero-order valence-electron chi connectivity index (χ0n) is 8.17. The number of rotatable bonds is 3. The number of nitrogens with zero attached hydrogens (tertiary/aromatic N) is 1. The minimum Gasteiger partial charge on any atom is -0.322 e. The van der Waals surface area contributed by atoms with Gasteiger partial charge in [0.1, 0.15) is 5.01 Å². The fourth-order valence-corrected chi connectivity index (χ4v) is 2.01. The maximum Gasteiger partial charge on any atom is 0.110 e. The molecule has 0 bridgehead atoms. The smallest absolute Gasteiger partial charge is 0.110 e. The Balaban J connectivity index is 0.00000112. The first-order chi connectivity index (χ1) is 6.86. The Morgan fingerprint density at radius 3 is 2.60 bits per heavy atom. The molecule has 4 heteroatoms. The molecule has 1 aromatic heterocycles. The van der Waals surface area contributed by atoms with Gasteiger partial charge in [-0.15, -0.1) is 23.7 Å². The standard InChI is InChI=1S/C11H12N2S.ClH/c12-10(11-13-6-7-14-11)8-9-4-2-1-3-5-9;/h1-7,10H,8,12H2;1H. The zero-order valence-corrected chi connectivity index (χ0v) is 9.80. The molecule has 0 fully saturated rings. The van der Waals surface area contributed by atoms with Crippen LogP contribution in [0.25, 0.3) is 0 Å². The first-order valence-corrected chi connectivity index (χ1v) is 5.43. The topological polar surface area (TPSA) is 38.9 Å². The van der Waals surface area contributed by atoms with Crippen molar-refractivity contribution in [2.24, 2.45) is 5.73 Å². The Hall–Kier alpha value is -0.900. The van der Waals surface area contributed by atoms with Crippen LogP contribution in [0.1, 0.15) is 16.6 Å². The van der Waals surface area contributed by atoms with Crippen LogP contribution in [0.3, 0.4) is 0 Å². The first kappa shape index (κ1) is 12.2. The number of benzene rings is 1. The fourth-order valence-electron chi connectivity index (χ4n) is 1.37. The van der Waals surface area contributed by atoms with Gasteiger partial charge >= 0.3 is 0 Å². The van der Waals surface area contributed by atoms with E-state index in [9.17, 15) is 0 Å². The van der Waals surface area contributed by atoms with Gasteiger partial charge in [-0.25, -0.2) is 4.98 Å². The highest BCUT2D eigenvalue weighted by molar-refractivity contribution is 7.09. The van der Waals surface area contributed by atoms with E-state index in [2.05, 4.69) is 17.1 Å². The predicted molar refractivity (Wildman–Crippen MR) is 66.4 cm³/mol. The Morgan fingerprint density at radius 2 is 2.00 bits per heavy atom. The van der Waals surface area contributed by atoms with E-state index in [1.807, 2.05) is 23.6 Å². The third-order valence-electron chi connectivity index (χ3n) is 2.07. The normalized spacial score (nSPS) is 11.8. The van der Waals surface area contributed by atoms with E-state index in [0.717, 1.165) is 11.4 Å². The molecule has 2 nitrogen and oxygen atoms in total. The lowest BCUT2D eigenvalue weighted by atomic mass is 10.1. The Bertz CT molecular complexity index is 375. The quantitative estimate of drug-likeness (QED) is 0.896. The lowest BCUT2D eigenvalue weighted by Gasteiger charge is -2.07. The maximum absolute atomic E-state index is 6.02. The summed E-state index contributed by atoms with van der Waals surface area (Å²) in [7, 11) is 0. The molecule has 0 saturated heterocycles. The van der Waals surface area contributed by atoms with E-state index < -0.39 is 0 Å². The van der Waals surface area contributed by atoms with Crippen LogP contribution in [0.2, 0.25) is 0 Å². The van der Waals surface area contributed by atoms with E-state index >= 15 is 0 Å². The molecule has 1 aromatic carbocycles. The molecule has 1 unspecified atom stereocenters. The molecule has 0 radical (unpaired) electrons. The van der Waals surface area contributed by atoms with E-state index in [1.165, 1.54) is 5.56 Å². The van der Waals surface area contributed by atoms with Crippen molar-refractivity contribution in [1.29, 1.82) is 0 Å². The second kappa shape index (κ2) is 5.85. The van der Waals surface area contributed by atoms with Crippen molar-refractivity contribution < 1.29 is 0 Å². The molecule has 15 heavy (non-hydrogen) atoms. The molecule has 0 spiro atoms. The van der Waals surface area contributed by atoms with Crippen LogP contribution in [0.15, 0.2) is 41.9 Å². The molecule has 2 aromatic rings. The van der Waals surface area contributed by atoms with Crippen molar-refractivity contribution in [3.05, 3.63) is 52.5 Å². The second-order valence-electron chi connectivity index (χ2n) is 3.17. The summed E-state index contributed by atoms with van der Waals surface area (Å²) in [4.78, 5) is 4.21. The molecule has 0 aliphatic heterocycles. The van der Waals surface area contributed by atoms with Crippen LogP contribution < -0.4 is 5.73 Å². The number of nitrogens with two attached hydrogens (primary N) is 1. The van der Waals surface area contributed by atoms with Gasteiger partial charge in [-0.05, 0) is 12.0 Å². The van der Waals surface area contributed by atoms with Gasteiger partial charge in [0.2, 0.25) is 0 Å². The van der Waals surface area contributed by atoms with E-state index in [0.29, 0.717) is 0 Å². The van der Waals surface area contributed by atoms with Gasteiger partial charge in [-0.2, -0.15) is 0 Å². The van der Waals surface area contributed by atoms with Crippen molar-refractivity contribution in [3.8, 4) is 0 Å². The highest BCUT2D eigenvalue weighted by Gasteiger charge is 2.08. The van der Waals surface area contributed by atoms with Crippen LogP contribution >= 0.6 is 23.7 Å². The molecule has 0 saturated carbocycles. The highest BCUT2D eigenvalue weighted by Crippen LogP contribution is 2.17. The van der Waals surface area contributed by atoms with Gasteiger partial charge in [-0.1, -0.05) is 30.3 Å². The zero-order chi connectivity index (χ0) is 9.80. The third kappa shape index (κ3) is 3.30. The molecule has 2 N–H and O–H groups in total. The minimum atomic E-state index is 0. The summed E-state index contributed by atoms with van der Waals surface area (Å²) in [5.41, 5.74) is 7.28. The molecule has 0 aliphatic carbocycles. The molecular weight excluding hydrogens is 228 g/mol. The third-order valence-corrected chi connectivity index (χ3v) is 2.97. The molecular formula is C11H13ClN2S. The van der Waals surface area contributed by atoms with Crippen LogP contribution in [0.4, 0.5) is 0 Å². The number of hydrogen-bond donors (Lipinski definition) is 1. The SMILES string of the molecule is Cl.NC(Cc1ccccc1)c1nccs1. The predicted octanol–water partition coefficient (Wildman–Crippen LogP) is 2.81. The largest absolute Gasteiger partial charge is 0.322 e. The average Bonchev–Trinajstić information content (AvgIpc) is 2.72. The van der Waals surface area contributed by atoms with Crippen molar-refractivity contribution in [2.75, 3.05) is 0 Å². The van der Waals surface area contributed by atoms with Crippen LogP contribution in [-0.2, 0) is 6.42 Å². The van der Waals surface area contributed by atoms with Gasteiger partial charge < -0.3 is 5.73 Å². The fraction of sp³-hybridized carbons (Fsp3) is 0.182. The summed E-state index contributed by atoms with van der Waals surface area (Å²) < 4.78 is 0. The maximum atomic E-state index is 6.02. The Kier molecular flexibility index (Phi) is 4.75. The van der Waals surface area contributed by atoms with E-state index in [4.69, 9.17) is 5.73 Å². The highest BCUT2D eigenvalue weighted by atomic mass is 35.5. The molecule has 0 aliphatic rings. The second-order valence-corrected chi connectivity index (χ2v) is 4.09. The summed E-state index contributed by atoms with van der Waals surface area (Å²) in [6, 6.07) is 10.3. The van der Waals surface area contributed by atoms with Crippen LogP contribution in [0.5, 0.6) is 0 Å². The minimum absolute atomic E-state index is 0. The van der Waals surface area contributed by atoms with Crippen LogP contribution in [-0.4, -0.2) is 4.98 Å². The van der Waals surface area contributed by atoms with Crippen molar-refractivity contribution in [1.82, 2.24) is 4.98 Å². The monoisotopic (exact) mass is 240 g/mol. The lowest BCUT2D eigenvalue weighted by molar-refractivity contribution is 0.715. The molecule has 1 atom stereocenters. The summed E-state index contributed by atoms with van der Waals surface area (Å²) in [6.45, 7) is 0. The Morgan fingerprint density at radius 1 is 1.27 bits per heavy atom. The first-order valence-electron chi connectivity index (χ1n) is 4.55. The van der Waals surface area contributed by atoms with Gasteiger partial charge in [-0.3, -0.25) is 0 Å². The van der Waals surface area contributed by atoms with E-state index in [-0.39, 0.29) is 18.4 Å². The molecule has 0 amide bonds. The van der Waals surface area contributed by atoms with Gasteiger partial charge in [0.25, 0.3) is 0 Å². The molecule has 1 heterocycles. The number of thiazole rings is 1. The van der Waals surface area contributed by atoms with Crippen molar-refractivity contribution in [2.45, 2.75) is 12.5 Å². The van der Waals surface area contributed by atoms with Gasteiger partial charge in [0.05, 0.1) is 6.04 Å². The number of hydrogen-bond acceptors (Lipinski definition) is 3. The summed E-state index contributed by atoms with van der Waals surface area (Å²) in [5.74, 6) is 0. The van der Waals surface area contributed by atoms with Crippen molar-refractivity contribution >= 4 is 23.7 Å². The molecule has 80 valence electrons. The summed E-state index contributed by atoms with van der Waals surface area (Å²) in [5, 5.41) is 2.97. The van der Waals surface area contributed by atoms with E-state index in [1.54, 1.807) is 17.5 Å². The lowest BCUT2D eigenvalue weighted by Crippen LogP contribution is -2.12. The Labute approximate surface area is 99.6 Å². The van der Waals surface area contributed by atoms with Gasteiger partial charge in [0.15, 0.2) is 0 Å². The summed E-state index contributed by atoms with van der Waals surface area (Å²) in [6.07, 6.45) is 2.65. The van der Waals surface area contributed by atoms with Gasteiger partial charge in [0, 0.05) is 11.6 Å². The average molecular weight is 241 g/mol. The number of aromatic nitrogens is 1.